The lowest BCUT2D eigenvalue weighted by molar-refractivity contribution is 0.204. The average molecular weight is 428 g/mol. The summed E-state index contributed by atoms with van der Waals surface area (Å²) in [5.41, 5.74) is 3.99. The van der Waals surface area contributed by atoms with Crippen LogP contribution in [0.25, 0.3) is 10.9 Å². The molecule has 1 aliphatic rings. The van der Waals surface area contributed by atoms with Crippen molar-refractivity contribution in [2.24, 2.45) is 5.10 Å². The summed E-state index contributed by atoms with van der Waals surface area (Å²) >= 11 is 3.71. The zero-order valence-electron chi connectivity index (χ0n) is 11.9. The largest absolute Gasteiger partial charge is 0.481 e. The van der Waals surface area contributed by atoms with Gasteiger partial charge in [0.25, 0.3) is 0 Å². The molecule has 0 fully saturated rings. The van der Waals surface area contributed by atoms with E-state index in [9.17, 15) is 0 Å². The number of nitrogens with one attached hydrogen (secondary N) is 1. The van der Waals surface area contributed by atoms with Crippen LogP contribution in [-0.4, -0.2) is 29.6 Å². The number of hydrogen-bond acceptors (Lipinski definition) is 7. The van der Waals surface area contributed by atoms with Crippen molar-refractivity contribution in [3.8, 4) is 0 Å². The SMILES string of the molecule is COC1=CC(OC)=NN(Sc2ccnc3cc(I)ccc23)N1. The quantitative estimate of drug-likeness (QED) is 0.599. The molecule has 0 atom stereocenters. The van der Waals surface area contributed by atoms with E-state index in [-0.39, 0.29) is 0 Å². The van der Waals surface area contributed by atoms with Gasteiger partial charge in [0.1, 0.15) is 0 Å². The predicted molar refractivity (Wildman–Crippen MR) is 94.8 cm³/mol. The minimum atomic E-state index is 0.469. The van der Waals surface area contributed by atoms with Gasteiger partial charge in [0.15, 0.2) is 0 Å². The van der Waals surface area contributed by atoms with Crippen LogP contribution in [0, 0.1) is 3.57 Å². The lowest BCUT2D eigenvalue weighted by Crippen LogP contribution is -2.33. The fourth-order valence-electron chi connectivity index (χ4n) is 1.90. The van der Waals surface area contributed by atoms with E-state index in [0.717, 1.165) is 19.4 Å². The summed E-state index contributed by atoms with van der Waals surface area (Å²) in [6.07, 6.45) is 3.47. The number of rotatable bonds is 3. The van der Waals surface area contributed by atoms with Gasteiger partial charge in [0, 0.05) is 32.0 Å². The first-order chi connectivity index (χ1) is 10.7. The smallest absolute Gasteiger partial charge is 0.239 e. The van der Waals surface area contributed by atoms with E-state index in [1.165, 1.54) is 11.9 Å². The number of hydrogen-bond donors (Lipinski definition) is 1. The number of pyridine rings is 1. The molecule has 0 radical (unpaired) electrons. The van der Waals surface area contributed by atoms with Gasteiger partial charge in [0.05, 0.1) is 25.8 Å². The van der Waals surface area contributed by atoms with Crippen LogP contribution in [0.5, 0.6) is 0 Å². The first-order valence-electron chi connectivity index (χ1n) is 6.37. The zero-order chi connectivity index (χ0) is 15.5. The van der Waals surface area contributed by atoms with E-state index in [1.54, 1.807) is 31.0 Å². The van der Waals surface area contributed by atoms with Crippen molar-refractivity contribution in [2.45, 2.75) is 4.90 Å². The summed E-state index contributed by atoms with van der Waals surface area (Å²) in [5.74, 6) is 1.03. The number of hydrazone groups is 1. The highest BCUT2D eigenvalue weighted by atomic mass is 127. The third-order valence-electron chi connectivity index (χ3n) is 2.93. The predicted octanol–water partition coefficient (Wildman–Crippen LogP) is 3.11. The topological polar surface area (TPSA) is 59.0 Å². The van der Waals surface area contributed by atoms with E-state index in [4.69, 9.17) is 9.47 Å². The molecule has 1 aliphatic heterocycles. The summed E-state index contributed by atoms with van der Waals surface area (Å²) in [5, 5.41) is 5.39. The molecule has 3 rings (SSSR count). The number of benzene rings is 1. The third kappa shape index (κ3) is 3.22. The lowest BCUT2D eigenvalue weighted by atomic mass is 10.2. The van der Waals surface area contributed by atoms with Gasteiger partial charge >= 0.3 is 0 Å². The van der Waals surface area contributed by atoms with Gasteiger partial charge in [-0.25, -0.2) is 5.43 Å². The van der Waals surface area contributed by atoms with Gasteiger partial charge < -0.3 is 9.47 Å². The zero-order valence-corrected chi connectivity index (χ0v) is 14.9. The molecule has 0 saturated heterocycles. The number of methoxy groups -OCH3 is 2. The normalized spacial score (nSPS) is 14.2. The van der Waals surface area contributed by atoms with Crippen molar-refractivity contribution in [1.29, 1.82) is 0 Å². The van der Waals surface area contributed by atoms with Crippen molar-refractivity contribution >= 4 is 51.3 Å². The molecule has 0 amide bonds. The van der Waals surface area contributed by atoms with Crippen molar-refractivity contribution in [1.82, 2.24) is 14.9 Å². The molecule has 114 valence electrons. The highest BCUT2D eigenvalue weighted by molar-refractivity contribution is 14.1. The lowest BCUT2D eigenvalue weighted by Gasteiger charge is -2.24. The molecule has 8 heteroatoms. The Hall–Kier alpha value is -1.68. The van der Waals surface area contributed by atoms with Gasteiger partial charge in [-0.15, -0.1) is 9.62 Å². The number of fused-ring (bicyclic) bond motifs is 1. The van der Waals surface area contributed by atoms with Crippen LogP contribution < -0.4 is 5.43 Å². The Morgan fingerprint density at radius 3 is 2.86 bits per heavy atom. The van der Waals surface area contributed by atoms with Crippen molar-refractivity contribution in [3.63, 3.8) is 0 Å². The maximum atomic E-state index is 5.22. The van der Waals surface area contributed by atoms with E-state index in [1.807, 2.05) is 12.1 Å². The van der Waals surface area contributed by atoms with Crippen LogP contribution in [0.2, 0.25) is 0 Å². The van der Waals surface area contributed by atoms with Crippen LogP contribution >= 0.6 is 34.5 Å². The third-order valence-corrected chi connectivity index (χ3v) is 4.50. The molecule has 2 heterocycles. The molecule has 22 heavy (non-hydrogen) atoms. The number of nitrogens with zero attached hydrogens (tertiary/aromatic N) is 3. The standard InChI is InChI=1S/C14H13IN4O2S/c1-20-13-8-14(21-2)18-19(17-13)22-12-5-6-16-11-7-9(15)3-4-10(11)12/h3-8,17H,1-2H3. The summed E-state index contributed by atoms with van der Waals surface area (Å²) in [4.78, 5) is 5.44. The fraction of sp³-hybridized carbons (Fsp3) is 0.143. The average Bonchev–Trinajstić information content (AvgIpc) is 2.54. The molecule has 0 aliphatic carbocycles. The van der Waals surface area contributed by atoms with Gasteiger partial charge in [0.2, 0.25) is 11.8 Å². The van der Waals surface area contributed by atoms with Crippen LogP contribution in [0.1, 0.15) is 0 Å². The molecular weight excluding hydrogens is 415 g/mol. The van der Waals surface area contributed by atoms with E-state index < -0.39 is 0 Å². The van der Waals surface area contributed by atoms with Crippen LogP contribution in [0.15, 0.2) is 52.4 Å². The van der Waals surface area contributed by atoms with Crippen LogP contribution in [-0.2, 0) is 9.47 Å². The number of hydrazine groups is 1. The molecule has 0 unspecified atom stereocenters. The molecule has 0 saturated carbocycles. The molecule has 1 N–H and O–H groups in total. The first-order valence-corrected chi connectivity index (χ1v) is 8.22. The summed E-state index contributed by atoms with van der Waals surface area (Å²) in [6.45, 7) is 0. The van der Waals surface area contributed by atoms with Crippen LogP contribution in [0.4, 0.5) is 0 Å². The maximum absolute atomic E-state index is 5.22. The Morgan fingerprint density at radius 2 is 2.09 bits per heavy atom. The second-order valence-electron chi connectivity index (χ2n) is 4.30. The van der Waals surface area contributed by atoms with Gasteiger partial charge in [-0.3, -0.25) is 4.98 Å². The van der Waals surface area contributed by atoms with Gasteiger partial charge in [-0.1, -0.05) is 6.07 Å². The minimum absolute atomic E-state index is 0.469. The molecule has 1 aromatic carbocycles. The first kappa shape index (κ1) is 15.2. The highest BCUT2D eigenvalue weighted by Gasteiger charge is 2.16. The molecule has 0 spiro atoms. The Balaban J connectivity index is 1.90. The minimum Gasteiger partial charge on any atom is -0.481 e. The monoisotopic (exact) mass is 428 g/mol. The maximum Gasteiger partial charge on any atom is 0.239 e. The Labute approximate surface area is 145 Å². The van der Waals surface area contributed by atoms with Crippen molar-refractivity contribution in [2.75, 3.05) is 14.2 Å². The molecule has 1 aromatic heterocycles. The highest BCUT2D eigenvalue weighted by Crippen LogP contribution is 2.30. The Kier molecular flexibility index (Phi) is 4.57. The fourth-order valence-corrected chi connectivity index (χ4v) is 3.21. The summed E-state index contributed by atoms with van der Waals surface area (Å²) in [7, 11) is 3.16. The number of halogens is 1. The van der Waals surface area contributed by atoms with Crippen LogP contribution in [0.3, 0.4) is 0 Å². The van der Waals surface area contributed by atoms with E-state index in [2.05, 4.69) is 50.2 Å². The number of aromatic nitrogens is 1. The van der Waals surface area contributed by atoms with E-state index >= 15 is 0 Å². The van der Waals surface area contributed by atoms with Gasteiger partial charge in [-0.2, -0.15) is 0 Å². The van der Waals surface area contributed by atoms with Crippen molar-refractivity contribution in [3.05, 3.63) is 46.0 Å². The Bertz CT molecular complexity index is 766. The second kappa shape index (κ2) is 6.61. The molecular formula is C14H13IN4O2S. The molecule has 0 bridgehead atoms. The molecule has 6 nitrogen and oxygen atoms in total. The summed E-state index contributed by atoms with van der Waals surface area (Å²) < 4.78 is 13.1. The number of ether oxygens (including phenoxy) is 2. The van der Waals surface area contributed by atoms with Gasteiger partial charge in [-0.05, 0) is 40.8 Å². The summed E-state index contributed by atoms with van der Waals surface area (Å²) in [6, 6.07) is 8.12. The van der Waals surface area contributed by atoms with Crippen molar-refractivity contribution < 1.29 is 9.47 Å². The second-order valence-corrected chi connectivity index (χ2v) is 6.52. The molecule has 2 aromatic rings. The van der Waals surface area contributed by atoms with E-state index in [0.29, 0.717) is 11.8 Å². The Morgan fingerprint density at radius 1 is 1.23 bits per heavy atom.